The van der Waals surface area contributed by atoms with E-state index in [-0.39, 0.29) is 5.91 Å². The predicted molar refractivity (Wildman–Crippen MR) is 65.6 cm³/mol. The average Bonchev–Trinajstić information content (AvgIpc) is 2.65. The van der Waals surface area contributed by atoms with Crippen LogP contribution in [-0.4, -0.2) is 40.9 Å². The van der Waals surface area contributed by atoms with E-state index in [4.69, 9.17) is 0 Å². The standard InChI is InChI=1S/C11H18N2OS/c1-3-5-6-12-10(14)9-11-13(4-2)7-8-15-11/h3,5H,4,6-9H2,1-2H3/p+1/b5-3+. The zero-order chi connectivity index (χ0) is 11.1. The van der Waals surface area contributed by atoms with Crippen LogP contribution in [0.5, 0.6) is 0 Å². The van der Waals surface area contributed by atoms with Gasteiger partial charge in [-0.2, -0.15) is 0 Å². The molecule has 0 aromatic carbocycles. The van der Waals surface area contributed by atoms with Gasteiger partial charge in [-0.05, 0) is 13.8 Å². The van der Waals surface area contributed by atoms with Crippen LogP contribution in [0.3, 0.4) is 0 Å². The Kier molecular flexibility index (Phi) is 5.47. The molecule has 15 heavy (non-hydrogen) atoms. The number of allylic oxidation sites excluding steroid dienone is 1. The topological polar surface area (TPSA) is 32.1 Å². The minimum atomic E-state index is 0.121. The highest BCUT2D eigenvalue weighted by molar-refractivity contribution is 8.13. The van der Waals surface area contributed by atoms with Gasteiger partial charge in [-0.25, -0.2) is 4.58 Å². The second-order valence-corrected chi connectivity index (χ2v) is 4.54. The number of rotatable bonds is 5. The fourth-order valence-corrected chi connectivity index (χ4v) is 2.66. The fourth-order valence-electron chi connectivity index (χ4n) is 1.48. The SMILES string of the molecule is C/C=C/CNC(=O)CC1=[N+](CC)CCS1. The summed E-state index contributed by atoms with van der Waals surface area (Å²) in [6.45, 7) is 6.80. The lowest BCUT2D eigenvalue weighted by Gasteiger charge is -2.00. The highest BCUT2D eigenvalue weighted by Crippen LogP contribution is 2.14. The van der Waals surface area contributed by atoms with Crippen molar-refractivity contribution in [1.82, 2.24) is 5.32 Å². The Morgan fingerprint density at radius 3 is 3.13 bits per heavy atom. The molecule has 0 radical (unpaired) electrons. The Balaban J connectivity index is 2.37. The van der Waals surface area contributed by atoms with E-state index in [1.807, 2.05) is 19.1 Å². The lowest BCUT2D eigenvalue weighted by molar-refractivity contribution is -0.514. The molecule has 1 aliphatic rings. The smallest absolute Gasteiger partial charge is 0.231 e. The summed E-state index contributed by atoms with van der Waals surface area (Å²) >= 11 is 1.81. The highest BCUT2D eigenvalue weighted by atomic mass is 32.2. The van der Waals surface area contributed by atoms with Gasteiger partial charge in [0.1, 0.15) is 13.0 Å². The van der Waals surface area contributed by atoms with Gasteiger partial charge in [-0.15, -0.1) is 0 Å². The van der Waals surface area contributed by atoms with Crippen LogP contribution in [0.15, 0.2) is 12.2 Å². The second kappa shape index (κ2) is 6.67. The normalized spacial score (nSPS) is 16.4. The van der Waals surface area contributed by atoms with Crippen LogP contribution >= 0.6 is 11.8 Å². The summed E-state index contributed by atoms with van der Waals surface area (Å²) in [5, 5.41) is 4.09. The van der Waals surface area contributed by atoms with Crippen LogP contribution < -0.4 is 5.32 Å². The number of hydrogen-bond acceptors (Lipinski definition) is 2. The third-order valence-corrected chi connectivity index (χ3v) is 3.45. The molecule has 0 aromatic heterocycles. The Labute approximate surface area is 95.6 Å². The van der Waals surface area contributed by atoms with Crippen molar-refractivity contribution in [2.75, 3.05) is 25.4 Å². The zero-order valence-electron chi connectivity index (χ0n) is 9.45. The van der Waals surface area contributed by atoms with Gasteiger partial charge < -0.3 is 5.32 Å². The predicted octanol–water partition coefficient (Wildman–Crippen LogP) is 1.25. The Bertz CT molecular complexity index is 284. The number of amides is 1. The molecule has 0 atom stereocenters. The van der Waals surface area contributed by atoms with Crippen molar-refractivity contribution in [1.29, 1.82) is 0 Å². The molecule has 1 heterocycles. The van der Waals surface area contributed by atoms with Crippen molar-refractivity contribution < 1.29 is 9.37 Å². The molecule has 84 valence electrons. The van der Waals surface area contributed by atoms with Gasteiger partial charge in [0.2, 0.25) is 11.0 Å². The van der Waals surface area contributed by atoms with E-state index < -0.39 is 0 Å². The zero-order valence-corrected chi connectivity index (χ0v) is 10.3. The lowest BCUT2D eigenvalue weighted by Crippen LogP contribution is -2.27. The van der Waals surface area contributed by atoms with Gasteiger partial charge in [-0.3, -0.25) is 4.79 Å². The largest absolute Gasteiger partial charge is 0.352 e. The maximum Gasteiger partial charge on any atom is 0.231 e. The Morgan fingerprint density at radius 1 is 1.67 bits per heavy atom. The van der Waals surface area contributed by atoms with Gasteiger partial charge in [0.15, 0.2) is 6.54 Å². The van der Waals surface area contributed by atoms with Crippen molar-refractivity contribution in [3.05, 3.63) is 12.2 Å². The van der Waals surface area contributed by atoms with Crippen LogP contribution in [0.2, 0.25) is 0 Å². The van der Waals surface area contributed by atoms with Crippen molar-refractivity contribution in [2.45, 2.75) is 20.3 Å². The molecule has 0 bridgehead atoms. The molecule has 0 saturated heterocycles. The minimum absolute atomic E-state index is 0.121. The van der Waals surface area contributed by atoms with Gasteiger partial charge >= 0.3 is 0 Å². The van der Waals surface area contributed by atoms with E-state index in [0.717, 1.165) is 18.8 Å². The first-order chi connectivity index (χ1) is 7.27. The monoisotopic (exact) mass is 227 g/mol. The molecule has 4 heteroatoms. The molecule has 0 saturated carbocycles. The van der Waals surface area contributed by atoms with Crippen LogP contribution in [0.4, 0.5) is 0 Å². The van der Waals surface area contributed by atoms with Crippen LogP contribution in [-0.2, 0) is 4.79 Å². The Morgan fingerprint density at radius 2 is 2.47 bits per heavy atom. The lowest BCUT2D eigenvalue weighted by atomic mass is 10.4. The first-order valence-electron chi connectivity index (χ1n) is 5.39. The average molecular weight is 227 g/mol. The van der Waals surface area contributed by atoms with Crippen molar-refractivity contribution in [2.24, 2.45) is 0 Å². The van der Waals surface area contributed by atoms with Crippen LogP contribution in [0.25, 0.3) is 0 Å². The molecule has 1 amide bonds. The summed E-state index contributed by atoms with van der Waals surface area (Å²) in [6.07, 6.45) is 4.42. The molecule has 1 rings (SSSR count). The van der Waals surface area contributed by atoms with Crippen molar-refractivity contribution in [3.8, 4) is 0 Å². The molecular weight excluding hydrogens is 208 g/mol. The molecule has 1 N–H and O–H groups in total. The van der Waals surface area contributed by atoms with E-state index in [0.29, 0.717) is 13.0 Å². The first kappa shape index (κ1) is 12.3. The highest BCUT2D eigenvalue weighted by Gasteiger charge is 2.23. The van der Waals surface area contributed by atoms with Gasteiger partial charge in [-0.1, -0.05) is 23.9 Å². The van der Waals surface area contributed by atoms with Gasteiger partial charge in [0, 0.05) is 6.54 Å². The van der Waals surface area contributed by atoms with E-state index in [9.17, 15) is 4.79 Å². The molecule has 0 fully saturated rings. The third-order valence-electron chi connectivity index (χ3n) is 2.33. The van der Waals surface area contributed by atoms with E-state index in [1.165, 1.54) is 5.04 Å². The van der Waals surface area contributed by atoms with E-state index in [1.54, 1.807) is 11.8 Å². The number of nitrogens with one attached hydrogen (secondary N) is 1. The summed E-state index contributed by atoms with van der Waals surface area (Å²) in [4.78, 5) is 11.5. The second-order valence-electron chi connectivity index (χ2n) is 3.37. The molecule has 0 aromatic rings. The first-order valence-corrected chi connectivity index (χ1v) is 6.38. The fraction of sp³-hybridized carbons (Fsp3) is 0.636. The summed E-state index contributed by atoms with van der Waals surface area (Å²) in [5.74, 6) is 1.24. The van der Waals surface area contributed by atoms with Crippen LogP contribution in [0.1, 0.15) is 20.3 Å². The van der Waals surface area contributed by atoms with Crippen molar-refractivity contribution >= 4 is 22.7 Å². The summed E-state index contributed by atoms with van der Waals surface area (Å²) < 4.78 is 2.28. The Hall–Kier alpha value is -0.770. The maximum absolute atomic E-state index is 11.5. The minimum Gasteiger partial charge on any atom is -0.352 e. The third kappa shape index (κ3) is 4.08. The molecule has 3 nitrogen and oxygen atoms in total. The van der Waals surface area contributed by atoms with Gasteiger partial charge in [0.05, 0.1) is 5.75 Å². The van der Waals surface area contributed by atoms with E-state index in [2.05, 4.69) is 16.8 Å². The van der Waals surface area contributed by atoms with Gasteiger partial charge in [0.25, 0.3) is 0 Å². The molecular formula is C11H19N2OS+. The quantitative estimate of drug-likeness (QED) is 0.566. The number of nitrogens with zero attached hydrogens (tertiary/aromatic N) is 1. The molecule has 0 unspecified atom stereocenters. The molecule has 0 spiro atoms. The summed E-state index contributed by atoms with van der Waals surface area (Å²) in [7, 11) is 0. The number of carbonyl (C=O) groups is 1. The number of hydrogen-bond donors (Lipinski definition) is 1. The van der Waals surface area contributed by atoms with E-state index >= 15 is 0 Å². The molecule has 1 aliphatic heterocycles. The summed E-state index contributed by atoms with van der Waals surface area (Å²) in [5.41, 5.74) is 0. The number of carbonyl (C=O) groups excluding carboxylic acids is 1. The van der Waals surface area contributed by atoms with Crippen molar-refractivity contribution in [3.63, 3.8) is 0 Å². The summed E-state index contributed by atoms with van der Waals surface area (Å²) in [6, 6.07) is 0. The molecule has 0 aliphatic carbocycles. The number of thioether (sulfide) groups is 1. The van der Waals surface area contributed by atoms with Crippen LogP contribution in [0, 0.1) is 0 Å². The maximum atomic E-state index is 11.5.